The summed E-state index contributed by atoms with van der Waals surface area (Å²) in [6.45, 7) is 2.35. The van der Waals surface area contributed by atoms with Crippen LogP contribution in [0, 0.1) is 0 Å². The SMILES string of the molecule is CCCC12BC(CCC1)CCC2. The van der Waals surface area contributed by atoms with Crippen molar-refractivity contribution in [1.82, 2.24) is 0 Å². The zero-order chi connectivity index (χ0) is 8.44. The molecule has 0 aromatic rings. The molecule has 12 heavy (non-hydrogen) atoms. The van der Waals surface area contributed by atoms with Crippen LogP contribution in [0.15, 0.2) is 0 Å². The Morgan fingerprint density at radius 3 is 2.50 bits per heavy atom. The third-order valence-corrected chi connectivity index (χ3v) is 4.14. The summed E-state index contributed by atoms with van der Waals surface area (Å²) in [5, 5.41) is 0.829. The van der Waals surface area contributed by atoms with E-state index in [1.165, 1.54) is 25.7 Å². The number of hydrogen-bond acceptors (Lipinski definition) is 0. The van der Waals surface area contributed by atoms with Crippen LogP contribution in [-0.4, -0.2) is 7.28 Å². The van der Waals surface area contributed by atoms with Crippen molar-refractivity contribution in [3.8, 4) is 0 Å². The van der Waals surface area contributed by atoms with E-state index in [1.54, 1.807) is 33.0 Å². The Kier molecular flexibility index (Phi) is 2.48. The highest BCUT2D eigenvalue weighted by Gasteiger charge is 2.39. The Labute approximate surface area is 77.4 Å². The van der Waals surface area contributed by atoms with Crippen molar-refractivity contribution in [1.29, 1.82) is 0 Å². The standard InChI is InChI=1S/C11H21B/c1-2-7-11-8-3-5-10(12-11)6-4-9-11/h10,12H,2-9H2,1H3. The molecule has 0 unspecified atom stereocenters. The molecule has 0 atom stereocenters. The monoisotopic (exact) mass is 164 g/mol. The van der Waals surface area contributed by atoms with Crippen molar-refractivity contribution in [2.45, 2.75) is 69.4 Å². The molecule has 0 saturated carbocycles. The fraction of sp³-hybridized carbons (Fsp3) is 1.00. The topological polar surface area (TPSA) is 0 Å². The minimum absolute atomic E-state index is 0.829. The number of rotatable bonds is 2. The molecule has 0 aromatic heterocycles. The van der Waals surface area contributed by atoms with Crippen LogP contribution in [0.2, 0.25) is 11.1 Å². The van der Waals surface area contributed by atoms with Gasteiger partial charge < -0.3 is 0 Å². The molecular weight excluding hydrogens is 143 g/mol. The molecular formula is C11H21B. The zero-order valence-corrected chi connectivity index (χ0v) is 8.44. The van der Waals surface area contributed by atoms with Crippen molar-refractivity contribution in [3.05, 3.63) is 0 Å². The first kappa shape index (κ1) is 8.65. The van der Waals surface area contributed by atoms with Crippen molar-refractivity contribution >= 4 is 7.28 Å². The van der Waals surface area contributed by atoms with E-state index in [-0.39, 0.29) is 0 Å². The molecule has 0 radical (unpaired) electrons. The predicted molar refractivity (Wildman–Crippen MR) is 56.2 cm³/mol. The van der Waals surface area contributed by atoms with Gasteiger partial charge in [0.25, 0.3) is 0 Å². The lowest BCUT2D eigenvalue weighted by atomic mass is 9.35. The molecule has 0 aliphatic carbocycles. The summed E-state index contributed by atoms with van der Waals surface area (Å²) in [7, 11) is 1.58. The second-order valence-corrected chi connectivity index (χ2v) is 5.10. The summed E-state index contributed by atoms with van der Waals surface area (Å²) < 4.78 is 0. The van der Waals surface area contributed by atoms with Gasteiger partial charge in [0.05, 0.1) is 0 Å². The first-order chi connectivity index (χ1) is 5.85. The third kappa shape index (κ3) is 1.55. The third-order valence-electron chi connectivity index (χ3n) is 4.14. The van der Waals surface area contributed by atoms with Crippen LogP contribution in [-0.2, 0) is 0 Å². The molecule has 2 aliphatic heterocycles. The van der Waals surface area contributed by atoms with E-state index in [2.05, 4.69) is 6.92 Å². The van der Waals surface area contributed by atoms with E-state index >= 15 is 0 Å². The first-order valence-corrected chi connectivity index (χ1v) is 5.85. The van der Waals surface area contributed by atoms with Gasteiger partial charge in [-0.1, -0.05) is 69.4 Å². The smallest absolute Gasteiger partial charge is 0.0654 e. The lowest BCUT2D eigenvalue weighted by Crippen LogP contribution is -2.32. The molecule has 2 fully saturated rings. The fourth-order valence-electron chi connectivity index (χ4n) is 3.70. The number of hydrogen-bond donors (Lipinski definition) is 0. The predicted octanol–water partition coefficient (Wildman–Crippen LogP) is 3.54. The molecule has 0 N–H and O–H groups in total. The highest BCUT2D eigenvalue weighted by Crippen LogP contribution is 2.53. The largest absolute Gasteiger partial charge is 0.131 e. The summed E-state index contributed by atoms with van der Waals surface area (Å²) in [5.41, 5.74) is 0. The first-order valence-electron chi connectivity index (χ1n) is 5.85. The van der Waals surface area contributed by atoms with E-state index < -0.39 is 0 Å². The molecule has 2 saturated heterocycles. The maximum Gasteiger partial charge on any atom is 0.131 e. The van der Waals surface area contributed by atoms with Crippen molar-refractivity contribution in [3.63, 3.8) is 0 Å². The maximum absolute atomic E-state index is 2.35. The second kappa shape index (κ2) is 3.43. The Morgan fingerprint density at radius 2 is 1.92 bits per heavy atom. The second-order valence-electron chi connectivity index (χ2n) is 5.10. The quantitative estimate of drug-likeness (QED) is 0.547. The van der Waals surface area contributed by atoms with E-state index in [1.807, 2.05) is 0 Å². The molecule has 2 bridgehead atoms. The molecule has 2 aliphatic rings. The van der Waals surface area contributed by atoms with Gasteiger partial charge in [0.15, 0.2) is 0 Å². The normalized spacial score (nSPS) is 40.6. The summed E-state index contributed by atoms with van der Waals surface area (Å²) in [4.78, 5) is 0. The number of fused-ring (bicyclic) bond motifs is 2. The van der Waals surface area contributed by atoms with E-state index in [0.29, 0.717) is 0 Å². The molecule has 0 nitrogen and oxygen atoms in total. The molecule has 68 valence electrons. The maximum atomic E-state index is 2.35. The summed E-state index contributed by atoms with van der Waals surface area (Å²) >= 11 is 0. The molecule has 0 aromatic carbocycles. The van der Waals surface area contributed by atoms with Gasteiger partial charge in [-0.05, 0) is 0 Å². The minimum Gasteiger partial charge on any atom is -0.0654 e. The molecule has 0 spiro atoms. The van der Waals surface area contributed by atoms with Crippen LogP contribution in [0.3, 0.4) is 0 Å². The van der Waals surface area contributed by atoms with Crippen LogP contribution in [0.4, 0.5) is 0 Å². The average molecular weight is 164 g/mol. The molecule has 2 rings (SSSR count). The highest BCUT2D eigenvalue weighted by atomic mass is 14.3. The van der Waals surface area contributed by atoms with E-state index in [9.17, 15) is 0 Å². The summed E-state index contributed by atoms with van der Waals surface area (Å²) in [6.07, 6.45) is 12.2. The molecule has 2 heterocycles. The van der Waals surface area contributed by atoms with Crippen molar-refractivity contribution in [2.75, 3.05) is 0 Å². The summed E-state index contributed by atoms with van der Waals surface area (Å²) in [6, 6.07) is 0. The average Bonchev–Trinajstić information content (AvgIpc) is 2.04. The minimum atomic E-state index is 0.829. The highest BCUT2D eigenvalue weighted by molar-refractivity contribution is 6.42. The zero-order valence-electron chi connectivity index (χ0n) is 8.44. The fourth-order valence-corrected chi connectivity index (χ4v) is 3.70. The summed E-state index contributed by atoms with van der Waals surface area (Å²) in [5.74, 6) is 1.12. The van der Waals surface area contributed by atoms with Gasteiger partial charge in [0.1, 0.15) is 7.28 Å². The van der Waals surface area contributed by atoms with Gasteiger partial charge in [-0.15, -0.1) is 0 Å². The lowest BCUT2D eigenvalue weighted by molar-refractivity contribution is 0.330. The Morgan fingerprint density at radius 1 is 1.25 bits per heavy atom. The van der Waals surface area contributed by atoms with Crippen LogP contribution in [0.1, 0.15) is 58.3 Å². The van der Waals surface area contributed by atoms with Gasteiger partial charge in [-0.2, -0.15) is 0 Å². The van der Waals surface area contributed by atoms with Crippen molar-refractivity contribution in [2.24, 2.45) is 0 Å². The molecule has 1 heteroatoms. The Bertz CT molecular complexity index is 138. The van der Waals surface area contributed by atoms with E-state index in [4.69, 9.17) is 0 Å². The van der Waals surface area contributed by atoms with Gasteiger partial charge in [-0.3, -0.25) is 0 Å². The van der Waals surface area contributed by atoms with Crippen LogP contribution in [0.25, 0.3) is 0 Å². The van der Waals surface area contributed by atoms with Crippen LogP contribution >= 0.6 is 0 Å². The van der Waals surface area contributed by atoms with Gasteiger partial charge in [-0.25, -0.2) is 0 Å². The van der Waals surface area contributed by atoms with Crippen molar-refractivity contribution < 1.29 is 0 Å². The lowest BCUT2D eigenvalue weighted by Gasteiger charge is -2.44. The van der Waals surface area contributed by atoms with Crippen LogP contribution in [0.5, 0.6) is 0 Å². The molecule has 0 amide bonds. The van der Waals surface area contributed by atoms with Gasteiger partial charge >= 0.3 is 0 Å². The van der Waals surface area contributed by atoms with Gasteiger partial charge in [0.2, 0.25) is 0 Å². The van der Waals surface area contributed by atoms with Crippen LogP contribution < -0.4 is 0 Å². The van der Waals surface area contributed by atoms with E-state index in [0.717, 1.165) is 11.1 Å². The Balaban J connectivity index is 2.01. The Hall–Kier alpha value is 0.0649. The van der Waals surface area contributed by atoms with Gasteiger partial charge in [0, 0.05) is 0 Å².